The molecule has 2 nitrogen and oxygen atoms in total. The van der Waals surface area contributed by atoms with Crippen LogP contribution in [0.4, 0.5) is 0 Å². The van der Waals surface area contributed by atoms with Crippen LogP contribution >= 0.6 is 0 Å². The Morgan fingerprint density at radius 1 is 1.35 bits per heavy atom. The molecule has 1 aromatic rings. The highest BCUT2D eigenvalue weighted by Crippen LogP contribution is 2.41. The Labute approximate surface area is 104 Å². The lowest BCUT2D eigenvalue weighted by atomic mass is 9.91. The zero-order valence-corrected chi connectivity index (χ0v) is 11.2. The van der Waals surface area contributed by atoms with E-state index in [-0.39, 0.29) is 5.60 Å². The summed E-state index contributed by atoms with van der Waals surface area (Å²) in [6.07, 6.45) is 5.31. The molecule has 0 spiro atoms. The molecule has 1 heterocycles. The molecule has 0 amide bonds. The van der Waals surface area contributed by atoms with Crippen molar-refractivity contribution in [1.82, 2.24) is 0 Å². The van der Waals surface area contributed by atoms with Crippen molar-refractivity contribution >= 4 is 0 Å². The summed E-state index contributed by atoms with van der Waals surface area (Å²) in [5.41, 5.74) is 2.30. The van der Waals surface area contributed by atoms with Crippen molar-refractivity contribution in [3.05, 3.63) is 29.7 Å². The van der Waals surface area contributed by atoms with E-state index < -0.39 is 0 Å². The summed E-state index contributed by atoms with van der Waals surface area (Å²) in [5.74, 6) is 1.96. The van der Waals surface area contributed by atoms with Gasteiger partial charge >= 0.3 is 0 Å². The fraction of sp³-hybridized carbons (Fsp3) is 0.533. The van der Waals surface area contributed by atoms with Gasteiger partial charge in [-0.05, 0) is 44.7 Å². The largest absolute Gasteiger partial charge is 0.496 e. The average Bonchev–Trinajstić information content (AvgIpc) is 2.29. The molecule has 2 rings (SSSR count). The minimum absolute atomic E-state index is 0.109. The van der Waals surface area contributed by atoms with Gasteiger partial charge < -0.3 is 9.47 Å². The van der Waals surface area contributed by atoms with Crippen LogP contribution in [0.25, 0.3) is 0 Å². The Hall–Kier alpha value is -1.18. The van der Waals surface area contributed by atoms with Crippen LogP contribution in [-0.2, 0) is 6.42 Å². The summed E-state index contributed by atoms with van der Waals surface area (Å²) in [5, 5.41) is 0. The Bertz CT molecular complexity index is 408. The molecule has 1 aliphatic rings. The summed E-state index contributed by atoms with van der Waals surface area (Å²) in [6.45, 7) is 6.43. The van der Waals surface area contributed by atoms with E-state index in [1.165, 1.54) is 11.1 Å². The van der Waals surface area contributed by atoms with E-state index in [9.17, 15) is 0 Å². The van der Waals surface area contributed by atoms with Crippen LogP contribution in [0.5, 0.6) is 11.5 Å². The molecule has 0 fully saturated rings. The summed E-state index contributed by atoms with van der Waals surface area (Å²) < 4.78 is 11.6. The molecule has 93 valence electrons. The first-order valence-electron chi connectivity index (χ1n) is 6.29. The second kappa shape index (κ2) is 4.59. The van der Waals surface area contributed by atoms with E-state index in [2.05, 4.69) is 33.3 Å². The minimum Gasteiger partial charge on any atom is -0.496 e. The SMILES string of the molecule is CCCc1c(OC)ccc2c1OC(C)(C)C[CH]2. The average molecular weight is 233 g/mol. The van der Waals surface area contributed by atoms with Crippen molar-refractivity contribution in [3.63, 3.8) is 0 Å². The topological polar surface area (TPSA) is 18.5 Å². The molecule has 0 saturated carbocycles. The Balaban J connectivity index is 2.47. The van der Waals surface area contributed by atoms with Crippen LogP contribution < -0.4 is 9.47 Å². The number of hydrogen-bond donors (Lipinski definition) is 0. The first-order valence-corrected chi connectivity index (χ1v) is 6.29. The second-order valence-electron chi connectivity index (χ2n) is 5.18. The molecule has 0 bridgehead atoms. The van der Waals surface area contributed by atoms with Crippen molar-refractivity contribution in [2.45, 2.75) is 45.6 Å². The normalized spacial score (nSPS) is 17.2. The predicted molar refractivity (Wildman–Crippen MR) is 69.7 cm³/mol. The molecule has 1 radical (unpaired) electrons. The number of methoxy groups -OCH3 is 1. The third-order valence-corrected chi connectivity index (χ3v) is 3.16. The Morgan fingerprint density at radius 3 is 2.76 bits per heavy atom. The second-order valence-corrected chi connectivity index (χ2v) is 5.18. The zero-order chi connectivity index (χ0) is 12.5. The number of fused-ring (bicyclic) bond motifs is 1. The van der Waals surface area contributed by atoms with Crippen LogP contribution in [0, 0.1) is 6.42 Å². The lowest BCUT2D eigenvalue weighted by Crippen LogP contribution is -2.32. The van der Waals surface area contributed by atoms with Gasteiger partial charge in [0.1, 0.15) is 17.1 Å². The van der Waals surface area contributed by atoms with Crippen LogP contribution in [0.2, 0.25) is 0 Å². The minimum atomic E-state index is -0.109. The fourth-order valence-electron chi connectivity index (χ4n) is 2.26. The van der Waals surface area contributed by atoms with Crippen LogP contribution in [0.15, 0.2) is 12.1 Å². The maximum absolute atomic E-state index is 6.13. The molecule has 0 aromatic heterocycles. The van der Waals surface area contributed by atoms with Crippen molar-refractivity contribution in [2.75, 3.05) is 7.11 Å². The number of ether oxygens (including phenoxy) is 2. The maximum Gasteiger partial charge on any atom is 0.130 e. The molecule has 0 aliphatic carbocycles. The van der Waals surface area contributed by atoms with Crippen molar-refractivity contribution in [3.8, 4) is 11.5 Å². The standard InChI is InChI=1S/C15H21O2/c1-5-6-12-13(16-4)8-7-11-9-10-15(2,3)17-14(11)12/h7-9H,5-6,10H2,1-4H3. The summed E-state index contributed by atoms with van der Waals surface area (Å²) >= 11 is 0. The van der Waals surface area contributed by atoms with E-state index in [0.717, 1.165) is 30.8 Å². The highest BCUT2D eigenvalue weighted by atomic mass is 16.5. The van der Waals surface area contributed by atoms with Gasteiger partial charge in [0.25, 0.3) is 0 Å². The highest BCUT2D eigenvalue weighted by molar-refractivity contribution is 5.54. The number of benzene rings is 1. The fourth-order valence-corrected chi connectivity index (χ4v) is 2.26. The van der Waals surface area contributed by atoms with E-state index in [4.69, 9.17) is 9.47 Å². The lowest BCUT2D eigenvalue weighted by molar-refractivity contribution is 0.0968. The Kier molecular flexibility index (Phi) is 3.32. The first-order chi connectivity index (χ1) is 8.07. The summed E-state index contributed by atoms with van der Waals surface area (Å²) in [6, 6.07) is 4.13. The van der Waals surface area contributed by atoms with E-state index >= 15 is 0 Å². The van der Waals surface area contributed by atoms with Gasteiger partial charge in [0.05, 0.1) is 7.11 Å². The molecule has 1 aromatic carbocycles. The van der Waals surface area contributed by atoms with Gasteiger partial charge in [-0.25, -0.2) is 0 Å². The van der Waals surface area contributed by atoms with Crippen molar-refractivity contribution in [1.29, 1.82) is 0 Å². The predicted octanol–water partition coefficient (Wildman–Crippen LogP) is 3.76. The van der Waals surface area contributed by atoms with Crippen molar-refractivity contribution < 1.29 is 9.47 Å². The molecular formula is C15H21O2. The maximum atomic E-state index is 6.13. The van der Waals surface area contributed by atoms with Crippen LogP contribution in [0.1, 0.15) is 44.7 Å². The molecule has 2 heteroatoms. The molecule has 0 N–H and O–H groups in total. The number of rotatable bonds is 3. The molecule has 0 saturated heterocycles. The molecular weight excluding hydrogens is 212 g/mol. The van der Waals surface area contributed by atoms with E-state index in [1.54, 1.807) is 7.11 Å². The van der Waals surface area contributed by atoms with Gasteiger partial charge in [-0.1, -0.05) is 19.4 Å². The van der Waals surface area contributed by atoms with Gasteiger partial charge in [0, 0.05) is 5.56 Å². The first kappa shape index (κ1) is 12.3. The van der Waals surface area contributed by atoms with Crippen LogP contribution in [-0.4, -0.2) is 12.7 Å². The zero-order valence-electron chi connectivity index (χ0n) is 11.2. The van der Waals surface area contributed by atoms with Gasteiger partial charge in [-0.15, -0.1) is 0 Å². The quantitative estimate of drug-likeness (QED) is 0.791. The van der Waals surface area contributed by atoms with Crippen LogP contribution in [0.3, 0.4) is 0 Å². The smallest absolute Gasteiger partial charge is 0.130 e. The van der Waals surface area contributed by atoms with E-state index in [1.807, 2.05) is 6.07 Å². The third kappa shape index (κ3) is 2.41. The molecule has 0 unspecified atom stereocenters. The summed E-state index contributed by atoms with van der Waals surface area (Å²) in [7, 11) is 1.72. The Morgan fingerprint density at radius 2 is 2.12 bits per heavy atom. The highest BCUT2D eigenvalue weighted by Gasteiger charge is 2.29. The molecule has 0 atom stereocenters. The van der Waals surface area contributed by atoms with Gasteiger partial charge in [0.15, 0.2) is 0 Å². The lowest BCUT2D eigenvalue weighted by Gasteiger charge is -2.34. The van der Waals surface area contributed by atoms with Gasteiger partial charge in [-0.3, -0.25) is 0 Å². The number of hydrogen-bond acceptors (Lipinski definition) is 2. The van der Waals surface area contributed by atoms with Gasteiger partial charge in [0.2, 0.25) is 0 Å². The molecule has 1 aliphatic heterocycles. The third-order valence-electron chi connectivity index (χ3n) is 3.16. The van der Waals surface area contributed by atoms with E-state index in [0.29, 0.717) is 0 Å². The van der Waals surface area contributed by atoms with Crippen molar-refractivity contribution in [2.24, 2.45) is 0 Å². The summed E-state index contributed by atoms with van der Waals surface area (Å²) in [4.78, 5) is 0. The van der Waals surface area contributed by atoms with Gasteiger partial charge in [-0.2, -0.15) is 0 Å². The molecule has 17 heavy (non-hydrogen) atoms. The monoisotopic (exact) mass is 233 g/mol.